The second kappa shape index (κ2) is 8.87. The third-order valence-electron chi connectivity index (χ3n) is 2.88. The molecule has 1 aromatic rings. The second-order valence-corrected chi connectivity index (χ2v) is 5.06. The minimum absolute atomic E-state index is 0.257. The summed E-state index contributed by atoms with van der Waals surface area (Å²) in [5, 5.41) is 0. The number of rotatable bonds is 7. The van der Waals surface area contributed by atoms with Gasteiger partial charge in [-0.2, -0.15) is 0 Å². The molecule has 0 radical (unpaired) electrons. The Morgan fingerprint density at radius 1 is 1.27 bits per heavy atom. The maximum Gasteiger partial charge on any atom is 0.410 e. The Morgan fingerprint density at radius 2 is 1.91 bits per heavy atom. The van der Waals surface area contributed by atoms with Crippen LogP contribution in [0.4, 0.5) is 4.79 Å². The van der Waals surface area contributed by atoms with Crippen molar-refractivity contribution in [3.63, 3.8) is 0 Å². The molecule has 1 atom stereocenters. The van der Waals surface area contributed by atoms with Crippen LogP contribution in [-0.2, 0) is 20.8 Å². The Hall–Kier alpha value is -2.30. The SMILES string of the molecule is C=C(C)C(=O)OC(C)CN(Cc1ccccc1)C(=O)OCC. The Bertz CT molecular complexity index is 513. The average molecular weight is 305 g/mol. The zero-order chi connectivity index (χ0) is 16.5. The quantitative estimate of drug-likeness (QED) is 0.573. The van der Waals surface area contributed by atoms with E-state index in [2.05, 4.69) is 6.58 Å². The molecule has 22 heavy (non-hydrogen) atoms. The van der Waals surface area contributed by atoms with Crippen LogP contribution < -0.4 is 0 Å². The highest BCUT2D eigenvalue weighted by Crippen LogP contribution is 2.09. The lowest BCUT2D eigenvalue weighted by Gasteiger charge is -2.25. The maximum atomic E-state index is 12.0. The molecule has 0 aliphatic heterocycles. The molecule has 1 unspecified atom stereocenters. The molecule has 1 rings (SSSR count). The number of ether oxygens (including phenoxy) is 2. The number of esters is 1. The molecule has 0 saturated heterocycles. The van der Waals surface area contributed by atoms with E-state index in [1.807, 2.05) is 30.3 Å². The van der Waals surface area contributed by atoms with E-state index >= 15 is 0 Å². The van der Waals surface area contributed by atoms with Crippen LogP contribution in [0.1, 0.15) is 26.3 Å². The normalized spacial score (nSPS) is 11.4. The highest BCUT2D eigenvalue weighted by atomic mass is 16.6. The first-order valence-electron chi connectivity index (χ1n) is 7.26. The van der Waals surface area contributed by atoms with Gasteiger partial charge in [-0.1, -0.05) is 36.9 Å². The Balaban J connectivity index is 2.71. The van der Waals surface area contributed by atoms with Crippen LogP contribution in [0.15, 0.2) is 42.5 Å². The van der Waals surface area contributed by atoms with Gasteiger partial charge in [-0.15, -0.1) is 0 Å². The van der Waals surface area contributed by atoms with Gasteiger partial charge in [0, 0.05) is 12.1 Å². The Morgan fingerprint density at radius 3 is 2.45 bits per heavy atom. The predicted octanol–water partition coefficient (Wildman–Crippen LogP) is 3.15. The summed E-state index contributed by atoms with van der Waals surface area (Å²) in [5.41, 5.74) is 1.31. The summed E-state index contributed by atoms with van der Waals surface area (Å²) in [6.45, 7) is 9.56. The van der Waals surface area contributed by atoms with Crippen LogP contribution in [0, 0.1) is 0 Å². The summed E-state index contributed by atoms with van der Waals surface area (Å²) in [4.78, 5) is 25.1. The maximum absolute atomic E-state index is 12.0. The molecule has 0 N–H and O–H groups in total. The number of carbonyl (C=O) groups excluding carboxylic acids is 2. The van der Waals surface area contributed by atoms with Crippen LogP contribution in [-0.4, -0.2) is 36.2 Å². The number of benzene rings is 1. The monoisotopic (exact) mass is 305 g/mol. The van der Waals surface area contributed by atoms with E-state index in [1.54, 1.807) is 20.8 Å². The molecule has 0 aromatic heterocycles. The van der Waals surface area contributed by atoms with E-state index < -0.39 is 18.2 Å². The van der Waals surface area contributed by atoms with Gasteiger partial charge in [0.15, 0.2) is 0 Å². The van der Waals surface area contributed by atoms with Gasteiger partial charge in [-0.3, -0.25) is 0 Å². The number of amides is 1. The fourth-order valence-corrected chi connectivity index (χ4v) is 1.85. The third kappa shape index (κ3) is 5.99. The first kappa shape index (κ1) is 17.8. The summed E-state index contributed by atoms with van der Waals surface area (Å²) >= 11 is 0. The lowest BCUT2D eigenvalue weighted by Crippen LogP contribution is -2.38. The molecule has 1 amide bonds. The molecular formula is C17H23NO4. The van der Waals surface area contributed by atoms with E-state index in [1.165, 1.54) is 4.90 Å². The van der Waals surface area contributed by atoms with Crippen molar-refractivity contribution in [2.75, 3.05) is 13.2 Å². The smallest absolute Gasteiger partial charge is 0.410 e. The Kier molecular flexibility index (Phi) is 7.16. The van der Waals surface area contributed by atoms with Crippen LogP contribution in [0.25, 0.3) is 0 Å². The standard InChI is InChI=1S/C17H23NO4/c1-5-21-17(20)18(12-15-9-7-6-8-10-15)11-14(4)22-16(19)13(2)3/h6-10,14H,2,5,11-12H2,1,3-4H3. The van der Waals surface area contributed by atoms with E-state index in [0.717, 1.165) is 5.56 Å². The van der Waals surface area contributed by atoms with Crippen molar-refractivity contribution >= 4 is 12.1 Å². The van der Waals surface area contributed by atoms with Gasteiger partial charge < -0.3 is 14.4 Å². The highest BCUT2D eigenvalue weighted by molar-refractivity contribution is 5.87. The van der Waals surface area contributed by atoms with Gasteiger partial charge in [-0.25, -0.2) is 9.59 Å². The van der Waals surface area contributed by atoms with Crippen molar-refractivity contribution in [3.05, 3.63) is 48.0 Å². The number of nitrogens with zero attached hydrogens (tertiary/aromatic N) is 1. The molecule has 0 bridgehead atoms. The third-order valence-corrected chi connectivity index (χ3v) is 2.88. The first-order chi connectivity index (χ1) is 10.4. The fourth-order valence-electron chi connectivity index (χ4n) is 1.85. The molecular weight excluding hydrogens is 282 g/mol. The van der Waals surface area contributed by atoms with Crippen molar-refractivity contribution in [1.82, 2.24) is 4.90 Å². The number of hydrogen-bond donors (Lipinski definition) is 0. The van der Waals surface area contributed by atoms with E-state index in [0.29, 0.717) is 18.7 Å². The molecule has 5 nitrogen and oxygen atoms in total. The molecule has 0 heterocycles. The fraction of sp³-hybridized carbons (Fsp3) is 0.412. The summed E-state index contributed by atoms with van der Waals surface area (Å²) in [7, 11) is 0. The van der Waals surface area contributed by atoms with Crippen molar-refractivity contribution in [3.8, 4) is 0 Å². The molecule has 1 aromatic carbocycles. The molecule has 0 fully saturated rings. The summed E-state index contributed by atoms with van der Waals surface area (Å²) in [5.74, 6) is -0.462. The van der Waals surface area contributed by atoms with Gasteiger partial charge in [0.25, 0.3) is 0 Å². The minimum Gasteiger partial charge on any atom is -0.457 e. The predicted molar refractivity (Wildman–Crippen MR) is 84.2 cm³/mol. The number of hydrogen-bond acceptors (Lipinski definition) is 4. The zero-order valence-corrected chi connectivity index (χ0v) is 13.4. The van der Waals surface area contributed by atoms with E-state index in [9.17, 15) is 9.59 Å². The van der Waals surface area contributed by atoms with Crippen LogP contribution in [0.5, 0.6) is 0 Å². The molecule has 0 aliphatic carbocycles. The van der Waals surface area contributed by atoms with Crippen LogP contribution in [0.2, 0.25) is 0 Å². The summed E-state index contributed by atoms with van der Waals surface area (Å²) in [6, 6.07) is 9.58. The van der Waals surface area contributed by atoms with Gasteiger partial charge in [0.05, 0.1) is 13.2 Å². The van der Waals surface area contributed by atoms with E-state index in [-0.39, 0.29) is 6.54 Å². The van der Waals surface area contributed by atoms with Gasteiger partial charge in [0.1, 0.15) is 6.10 Å². The number of carbonyl (C=O) groups is 2. The van der Waals surface area contributed by atoms with Crippen LogP contribution in [0.3, 0.4) is 0 Å². The lowest BCUT2D eigenvalue weighted by atomic mass is 10.2. The van der Waals surface area contributed by atoms with Crippen LogP contribution >= 0.6 is 0 Å². The minimum atomic E-state index is -0.462. The highest BCUT2D eigenvalue weighted by Gasteiger charge is 2.20. The van der Waals surface area contributed by atoms with Gasteiger partial charge >= 0.3 is 12.1 Å². The van der Waals surface area contributed by atoms with Crippen molar-refractivity contribution < 1.29 is 19.1 Å². The molecule has 5 heteroatoms. The van der Waals surface area contributed by atoms with Gasteiger partial charge in [0.2, 0.25) is 0 Å². The largest absolute Gasteiger partial charge is 0.457 e. The van der Waals surface area contributed by atoms with E-state index in [4.69, 9.17) is 9.47 Å². The lowest BCUT2D eigenvalue weighted by molar-refractivity contribution is -0.144. The molecule has 120 valence electrons. The summed E-state index contributed by atoms with van der Waals surface area (Å²) in [6.07, 6.45) is -0.873. The molecule has 0 aliphatic rings. The van der Waals surface area contributed by atoms with Crippen molar-refractivity contribution in [2.24, 2.45) is 0 Å². The zero-order valence-electron chi connectivity index (χ0n) is 13.4. The van der Waals surface area contributed by atoms with Crippen molar-refractivity contribution in [2.45, 2.75) is 33.4 Å². The Labute approximate surface area is 131 Å². The second-order valence-electron chi connectivity index (χ2n) is 5.06. The first-order valence-corrected chi connectivity index (χ1v) is 7.26. The topological polar surface area (TPSA) is 55.8 Å². The molecule has 0 saturated carbocycles. The van der Waals surface area contributed by atoms with Gasteiger partial charge in [-0.05, 0) is 26.3 Å². The van der Waals surface area contributed by atoms with Crippen molar-refractivity contribution in [1.29, 1.82) is 0 Å². The average Bonchev–Trinajstić information content (AvgIpc) is 2.47. The molecule has 0 spiro atoms. The summed E-state index contributed by atoms with van der Waals surface area (Å²) < 4.78 is 10.3.